The third-order valence-electron chi connectivity index (χ3n) is 4.40. The Morgan fingerprint density at radius 3 is 2.64 bits per heavy atom. The summed E-state index contributed by atoms with van der Waals surface area (Å²) in [7, 11) is 0. The van der Waals surface area contributed by atoms with Crippen LogP contribution in [0.5, 0.6) is 0 Å². The maximum Gasteiger partial charge on any atom is 0.323 e. The van der Waals surface area contributed by atoms with Crippen molar-refractivity contribution >= 4 is 23.5 Å². The van der Waals surface area contributed by atoms with E-state index in [1.807, 2.05) is 28.8 Å². The van der Waals surface area contributed by atoms with Crippen molar-refractivity contribution in [2.75, 3.05) is 17.6 Å². The van der Waals surface area contributed by atoms with Gasteiger partial charge in [-0.2, -0.15) is 0 Å². The van der Waals surface area contributed by atoms with Crippen LogP contribution >= 0.6 is 11.8 Å². The van der Waals surface area contributed by atoms with Crippen molar-refractivity contribution in [1.82, 2.24) is 4.90 Å². The van der Waals surface area contributed by atoms with E-state index in [0.717, 1.165) is 18.0 Å². The van der Waals surface area contributed by atoms with Crippen molar-refractivity contribution in [1.29, 1.82) is 0 Å². The standard InChI is InChI=1S/C18H18N2OS/c1-12-9-13(2)11-14(10-12)18-15-5-3-4-6-16(15)19-17(21)20(18)7-8-22-18/h3-6,9-11H,7-8H2,1-2H3,(H,19,21). The van der Waals surface area contributed by atoms with Gasteiger partial charge in [-0.25, -0.2) is 4.79 Å². The van der Waals surface area contributed by atoms with E-state index in [2.05, 4.69) is 49.5 Å². The Hall–Kier alpha value is -1.94. The predicted molar refractivity (Wildman–Crippen MR) is 91.3 cm³/mol. The molecule has 0 saturated carbocycles. The zero-order valence-electron chi connectivity index (χ0n) is 12.7. The SMILES string of the molecule is Cc1cc(C)cc(C23SCCN2C(=O)Nc2ccccc23)c1. The molecule has 2 aromatic carbocycles. The fraction of sp³-hybridized carbons (Fsp3) is 0.278. The molecule has 1 unspecified atom stereocenters. The fourth-order valence-electron chi connectivity index (χ4n) is 3.62. The maximum absolute atomic E-state index is 12.6. The lowest BCUT2D eigenvalue weighted by Gasteiger charge is -2.43. The minimum absolute atomic E-state index is 0.00265. The number of amides is 2. The van der Waals surface area contributed by atoms with Gasteiger partial charge in [-0.05, 0) is 25.5 Å². The number of hydrogen-bond acceptors (Lipinski definition) is 2. The van der Waals surface area contributed by atoms with Crippen LogP contribution in [0.4, 0.5) is 10.5 Å². The van der Waals surface area contributed by atoms with Gasteiger partial charge in [-0.15, -0.1) is 11.8 Å². The normalized spacial score (nSPS) is 23.0. The molecule has 0 radical (unpaired) electrons. The van der Waals surface area contributed by atoms with Crippen molar-refractivity contribution < 1.29 is 4.79 Å². The molecule has 1 saturated heterocycles. The van der Waals surface area contributed by atoms with E-state index in [4.69, 9.17) is 0 Å². The number of para-hydroxylation sites is 1. The Morgan fingerprint density at radius 2 is 1.86 bits per heavy atom. The molecular formula is C18H18N2OS. The number of anilines is 1. The van der Waals surface area contributed by atoms with Crippen molar-refractivity contribution in [2.45, 2.75) is 18.7 Å². The average molecular weight is 310 g/mol. The number of nitrogens with one attached hydrogen (secondary N) is 1. The third-order valence-corrected chi connectivity index (χ3v) is 5.88. The maximum atomic E-state index is 12.6. The molecule has 2 aliphatic rings. The first-order chi connectivity index (χ1) is 10.6. The zero-order valence-corrected chi connectivity index (χ0v) is 13.5. The first-order valence-electron chi connectivity index (χ1n) is 7.52. The molecule has 4 heteroatoms. The van der Waals surface area contributed by atoms with Crippen LogP contribution in [0.25, 0.3) is 0 Å². The van der Waals surface area contributed by atoms with Crippen LogP contribution in [-0.2, 0) is 4.87 Å². The highest BCUT2D eigenvalue weighted by Gasteiger charge is 2.51. The van der Waals surface area contributed by atoms with Crippen LogP contribution in [-0.4, -0.2) is 23.2 Å². The molecule has 112 valence electrons. The molecule has 2 amide bonds. The van der Waals surface area contributed by atoms with Crippen molar-refractivity contribution in [3.63, 3.8) is 0 Å². The molecule has 1 fully saturated rings. The van der Waals surface area contributed by atoms with Crippen molar-refractivity contribution in [3.8, 4) is 0 Å². The van der Waals surface area contributed by atoms with Gasteiger partial charge in [0.05, 0.1) is 0 Å². The average Bonchev–Trinajstić information content (AvgIpc) is 2.93. The topological polar surface area (TPSA) is 32.3 Å². The first kappa shape index (κ1) is 13.7. The minimum Gasteiger partial charge on any atom is -0.307 e. The lowest BCUT2D eigenvalue weighted by atomic mass is 9.91. The zero-order chi connectivity index (χ0) is 15.3. The largest absolute Gasteiger partial charge is 0.323 e. The Morgan fingerprint density at radius 1 is 1.14 bits per heavy atom. The number of carbonyl (C=O) groups is 1. The summed E-state index contributed by atoms with van der Waals surface area (Å²) < 4.78 is 0. The molecule has 1 atom stereocenters. The Bertz CT molecular complexity index is 753. The number of carbonyl (C=O) groups excluding carboxylic acids is 1. The lowest BCUT2D eigenvalue weighted by Crippen LogP contribution is -2.50. The van der Waals surface area contributed by atoms with Gasteiger partial charge in [-0.3, -0.25) is 0 Å². The van der Waals surface area contributed by atoms with Gasteiger partial charge < -0.3 is 10.2 Å². The van der Waals surface area contributed by atoms with Gasteiger partial charge in [0.1, 0.15) is 4.87 Å². The van der Waals surface area contributed by atoms with Gasteiger partial charge in [0.15, 0.2) is 0 Å². The van der Waals surface area contributed by atoms with Gasteiger partial charge >= 0.3 is 6.03 Å². The molecule has 1 N–H and O–H groups in total. The molecule has 2 heterocycles. The molecule has 22 heavy (non-hydrogen) atoms. The first-order valence-corrected chi connectivity index (χ1v) is 8.51. The number of urea groups is 1. The number of hydrogen-bond donors (Lipinski definition) is 1. The quantitative estimate of drug-likeness (QED) is 0.860. The second kappa shape index (κ2) is 4.78. The molecule has 0 bridgehead atoms. The molecule has 3 nitrogen and oxygen atoms in total. The summed E-state index contributed by atoms with van der Waals surface area (Å²) in [6.45, 7) is 5.01. The number of thioether (sulfide) groups is 1. The summed E-state index contributed by atoms with van der Waals surface area (Å²) in [6.07, 6.45) is 0. The lowest BCUT2D eigenvalue weighted by molar-refractivity contribution is 0.195. The van der Waals surface area contributed by atoms with Crippen LogP contribution in [0.2, 0.25) is 0 Å². The molecule has 2 aromatic rings. The number of benzene rings is 2. The second-order valence-electron chi connectivity index (χ2n) is 6.00. The van der Waals surface area contributed by atoms with E-state index in [9.17, 15) is 4.79 Å². The summed E-state index contributed by atoms with van der Waals surface area (Å²) in [4.78, 5) is 14.2. The Labute approximate surface area is 134 Å². The second-order valence-corrected chi connectivity index (χ2v) is 7.28. The number of nitrogens with zero attached hydrogens (tertiary/aromatic N) is 1. The molecule has 0 spiro atoms. The van der Waals surface area contributed by atoms with E-state index in [-0.39, 0.29) is 6.03 Å². The molecule has 0 aromatic heterocycles. The number of rotatable bonds is 1. The highest BCUT2D eigenvalue weighted by Crippen LogP contribution is 2.54. The monoisotopic (exact) mass is 310 g/mol. The molecule has 4 rings (SSSR count). The van der Waals surface area contributed by atoms with Gasteiger partial charge in [-0.1, -0.05) is 47.5 Å². The summed E-state index contributed by atoms with van der Waals surface area (Å²) >= 11 is 1.86. The van der Waals surface area contributed by atoms with E-state index >= 15 is 0 Å². The number of fused-ring (bicyclic) bond motifs is 3. The van der Waals surface area contributed by atoms with Crippen molar-refractivity contribution in [2.24, 2.45) is 0 Å². The minimum atomic E-state index is -0.393. The van der Waals surface area contributed by atoms with Gasteiger partial charge in [0.2, 0.25) is 0 Å². The fourth-order valence-corrected chi connectivity index (χ4v) is 5.14. The summed E-state index contributed by atoms with van der Waals surface area (Å²) in [5.74, 6) is 0.953. The van der Waals surface area contributed by atoms with E-state index in [1.54, 1.807) is 0 Å². The highest BCUT2D eigenvalue weighted by atomic mass is 32.2. The summed E-state index contributed by atoms with van der Waals surface area (Å²) in [5.41, 5.74) is 5.79. The smallest absolute Gasteiger partial charge is 0.307 e. The van der Waals surface area contributed by atoms with Crippen LogP contribution in [0, 0.1) is 13.8 Å². The third kappa shape index (κ3) is 1.80. The van der Waals surface area contributed by atoms with Gasteiger partial charge in [0.25, 0.3) is 0 Å². The highest BCUT2D eigenvalue weighted by molar-refractivity contribution is 8.00. The molecular weight excluding hydrogens is 292 g/mol. The van der Waals surface area contributed by atoms with Crippen LogP contribution in [0.3, 0.4) is 0 Å². The predicted octanol–water partition coefficient (Wildman–Crippen LogP) is 4.10. The summed E-state index contributed by atoms with van der Waals surface area (Å²) in [6, 6.07) is 14.8. The molecule has 2 aliphatic heterocycles. The van der Waals surface area contributed by atoms with Crippen molar-refractivity contribution in [3.05, 3.63) is 64.7 Å². The Kier molecular flexibility index (Phi) is 2.98. The Balaban J connectivity index is 2.02. The van der Waals surface area contributed by atoms with E-state index in [1.165, 1.54) is 22.3 Å². The van der Waals surface area contributed by atoms with E-state index in [0.29, 0.717) is 0 Å². The summed E-state index contributed by atoms with van der Waals surface area (Å²) in [5, 5.41) is 3.03. The van der Waals surface area contributed by atoms with Gasteiger partial charge in [0, 0.05) is 23.5 Å². The van der Waals surface area contributed by atoms with Crippen LogP contribution in [0.15, 0.2) is 42.5 Å². The van der Waals surface area contributed by atoms with Crippen LogP contribution < -0.4 is 5.32 Å². The molecule has 0 aliphatic carbocycles. The van der Waals surface area contributed by atoms with Crippen LogP contribution in [0.1, 0.15) is 22.3 Å². The van der Waals surface area contributed by atoms with E-state index < -0.39 is 4.87 Å². The number of aryl methyl sites for hydroxylation is 2.